The van der Waals surface area contributed by atoms with Gasteiger partial charge in [0.1, 0.15) is 5.82 Å². The van der Waals surface area contributed by atoms with Crippen LogP contribution >= 0.6 is 11.6 Å². The zero-order chi connectivity index (χ0) is 14.4. The molecule has 0 aliphatic carbocycles. The maximum absolute atomic E-state index is 13.6. The second-order valence-electron chi connectivity index (χ2n) is 4.36. The molecule has 1 N–H and O–H groups in total. The first-order chi connectivity index (χ1) is 8.95. The largest absolute Gasteiger partial charge is 0.350 e. The van der Waals surface area contributed by atoms with Crippen molar-refractivity contribution in [1.29, 1.82) is 0 Å². The minimum atomic E-state index is -0.541. The van der Waals surface area contributed by atoms with Crippen molar-refractivity contribution >= 4 is 23.9 Å². The molecule has 0 atom stereocenters. The molecule has 0 saturated heterocycles. The minimum absolute atomic E-state index is 0.0171. The molecular weight excluding hydrogens is 271 g/mol. The van der Waals surface area contributed by atoms with Gasteiger partial charge in [0, 0.05) is 18.2 Å². The summed E-state index contributed by atoms with van der Waals surface area (Å²) >= 11 is 5.64. The normalized spacial score (nSPS) is 10.4. The first-order valence-electron chi connectivity index (χ1n) is 5.86. The van der Waals surface area contributed by atoms with E-state index in [1.165, 1.54) is 11.0 Å². The molecule has 0 radical (unpaired) electrons. The smallest absolute Gasteiger partial charge is 0.239 e. The first kappa shape index (κ1) is 15.4. The summed E-state index contributed by atoms with van der Waals surface area (Å²) in [6, 6.07) is 4.53. The number of carbonyl (C=O) groups excluding carboxylic acids is 2. The standard InChI is InChI=1S/C13H16ClFN2O2/c1-9(2)17(8-18)7-12(19)16-6-10-4-3-5-11(14)13(10)15/h3-5,8-9H,6-7H2,1-2H3,(H,16,19). The van der Waals surface area contributed by atoms with Gasteiger partial charge in [-0.1, -0.05) is 23.7 Å². The zero-order valence-corrected chi connectivity index (χ0v) is 11.6. The third-order valence-corrected chi connectivity index (χ3v) is 2.92. The fourth-order valence-electron chi connectivity index (χ4n) is 1.44. The number of amides is 2. The van der Waals surface area contributed by atoms with Crippen LogP contribution in [0.25, 0.3) is 0 Å². The summed E-state index contributed by atoms with van der Waals surface area (Å²) in [6.07, 6.45) is 0.615. The van der Waals surface area contributed by atoms with Crippen molar-refractivity contribution < 1.29 is 14.0 Å². The van der Waals surface area contributed by atoms with Gasteiger partial charge in [-0.05, 0) is 19.9 Å². The Morgan fingerprint density at radius 1 is 1.53 bits per heavy atom. The molecule has 1 aromatic rings. The fourth-order valence-corrected chi connectivity index (χ4v) is 1.64. The molecule has 2 amide bonds. The van der Waals surface area contributed by atoms with E-state index in [2.05, 4.69) is 5.32 Å². The summed E-state index contributed by atoms with van der Waals surface area (Å²) in [5, 5.41) is 2.57. The van der Waals surface area contributed by atoms with Crippen LogP contribution in [0.15, 0.2) is 18.2 Å². The maximum Gasteiger partial charge on any atom is 0.239 e. The Hall–Kier alpha value is -1.62. The van der Waals surface area contributed by atoms with Crippen LogP contribution in [0.2, 0.25) is 5.02 Å². The number of hydrogen-bond acceptors (Lipinski definition) is 2. The first-order valence-corrected chi connectivity index (χ1v) is 6.24. The van der Waals surface area contributed by atoms with Crippen LogP contribution in [-0.4, -0.2) is 29.8 Å². The van der Waals surface area contributed by atoms with Gasteiger partial charge >= 0.3 is 0 Å². The number of halogens is 2. The molecule has 0 spiro atoms. The summed E-state index contributed by atoms with van der Waals surface area (Å²) in [7, 11) is 0. The van der Waals surface area contributed by atoms with Crippen molar-refractivity contribution in [2.45, 2.75) is 26.4 Å². The lowest BCUT2D eigenvalue weighted by molar-refractivity contribution is -0.129. The van der Waals surface area contributed by atoms with E-state index in [9.17, 15) is 14.0 Å². The molecule has 4 nitrogen and oxygen atoms in total. The zero-order valence-electron chi connectivity index (χ0n) is 10.8. The number of nitrogens with zero attached hydrogens (tertiary/aromatic N) is 1. The third-order valence-electron chi connectivity index (χ3n) is 2.63. The lowest BCUT2D eigenvalue weighted by Gasteiger charge is -2.20. The van der Waals surface area contributed by atoms with Crippen LogP contribution in [0.5, 0.6) is 0 Å². The molecule has 1 aromatic carbocycles. The van der Waals surface area contributed by atoms with Crippen LogP contribution < -0.4 is 5.32 Å². The topological polar surface area (TPSA) is 49.4 Å². The Morgan fingerprint density at radius 2 is 2.21 bits per heavy atom. The highest BCUT2D eigenvalue weighted by Crippen LogP contribution is 2.17. The summed E-state index contributed by atoms with van der Waals surface area (Å²) in [6.45, 7) is 3.59. The van der Waals surface area contributed by atoms with E-state index in [0.29, 0.717) is 12.0 Å². The van der Waals surface area contributed by atoms with E-state index in [0.717, 1.165) is 0 Å². The molecule has 0 bridgehead atoms. The van der Waals surface area contributed by atoms with Gasteiger partial charge < -0.3 is 10.2 Å². The monoisotopic (exact) mass is 286 g/mol. The predicted octanol–water partition coefficient (Wildman–Crippen LogP) is 1.96. The molecule has 1 rings (SSSR count). The quantitative estimate of drug-likeness (QED) is 0.813. The Bertz CT molecular complexity index is 466. The van der Waals surface area contributed by atoms with Gasteiger partial charge in [0.05, 0.1) is 11.6 Å². The molecule has 0 aliphatic rings. The van der Waals surface area contributed by atoms with E-state index in [-0.39, 0.29) is 30.1 Å². The van der Waals surface area contributed by atoms with Crippen LogP contribution in [0.4, 0.5) is 4.39 Å². The van der Waals surface area contributed by atoms with Crippen molar-refractivity contribution in [1.82, 2.24) is 10.2 Å². The summed E-state index contributed by atoms with van der Waals surface area (Å²) in [5.74, 6) is -0.888. The van der Waals surface area contributed by atoms with Gasteiger partial charge in [-0.25, -0.2) is 4.39 Å². The molecule has 0 saturated carbocycles. The predicted molar refractivity (Wildman–Crippen MR) is 71.2 cm³/mol. The van der Waals surface area contributed by atoms with Gasteiger partial charge in [-0.3, -0.25) is 9.59 Å². The SMILES string of the molecule is CC(C)N(C=O)CC(=O)NCc1cccc(Cl)c1F. The highest BCUT2D eigenvalue weighted by molar-refractivity contribution is 6.30. The van der Waals surface area contributed by atoms with Crippen molar-refractivity contribution in [3.8, 4) is 0 Å². The number of nitrogens with one attached hydrogen (secondary N) is 1. The summed E-state index contributed by atoms with van der Waals surface area (Å²) < 4.78 is 13.6. The van der Waals surface area contributed by atoms with Crippen LogP contribution in [0.1, 0.15) is 19.4 Å². The average Bonchev–Trinajstić information content (AvgIpc) is 2.37. The molecule has 0 unspecified atom stereocenters. The van der Waals surface area contributed by atoms with Gasteiger partial charge in [0.25, 0.3) is 0 Å². The number of rotatable bonds is 6. The lowest BCUT2D eigenvalue weighted by Crippen LogP contribution is -2.39. The van der Waals surface area contributed by atoms with Gasteiger partial charge in [-0.15, -0.1) is 0 Å². The van der Waals surface area contributed by atoms with E-state index in [1.807, 2.05) is 0 Å². The second-order valence-corrected chi connectivity index (χ2v) is 4.77. The highest BCUT2D eigenvalue weighted by Gasteiger charge is 2.12. The van der Waals surface area contributed by atoms with E-state index in [4.69, 9.17) is 11.6 Å². The van der Waals surface area contributed by atoms with Crippen molar-refractivity contribution in [3.63, 3.8) is 0 Å². The van der Waals surface area contributed by atoms with Gasteiger partial charge in [0.15, 0.2) is 0 Å². The van der Waals surface area contributed by atoms with Crippen molar-refractivity contribution in [3.05, 3.63) is 34.6 Å². The second kappa shape index (κ2) is 7.09. The molecule has 0 heterocycles. The van der Waals surface area contributed by atoms with Gasteiger partial charge in [-0.2, -0.15) is 0 Å². The highest BCUT2D eigenvalue weighted by atomic mass is 35.5. The summed E-state index contributed by atoms with van der Waals surface area (Å²) in [5.41, 5.74) is 0.308. The van der Waals surface area contributed by atoms with Crippen LogP contribution in [0.3, 0.4) is 0 Å². The molecule has 0 aliphatic heterocycles. The number of carbonyl (C=O) groups is 2. The maximum atomic E-state index is 13.6. The fraction of sp³-hybridized carbons (Fsp3) is 0.385. The molecule has 0 aromatic heterocycles. The van der Waals surface area contributed by atoms with Crippen LogP contribution in [-0.2, 0) is 16.1 Å². The number of hydrogen-bond donors (Lipinski definition) is 1. The van der Waals surface area contributed by atoms with E-state index in [1.54, 1.807) is 26.0 Å². The molecule has 0 fully saturated rings. The van der Waals surface area contributed by atoms with Crippen LogP contribution in [0, 0.1) is 5.82 Å². The Labute approximate surface area is 116 Å². The average molecular weight is 287 g/mol. The lowest BCUT2D eigenvalue weighted by atomic mass is 10.2. The minimum Gasteiger partial charge on any atom is -0.350 e. The molecular formula is C13H16ClFN2O2. The van der Waals surface area contributed by atoms with Crippen molar-refractivity contribution in [2.75, 3.05) is 6.54 Å². The molecule has 6 heteroatoms. The Morgan fingerprint density at radius 3 is 2.79 bits per heavy atom. The molecule has 19 heavy (non-hydrogen) atoms. The Kier molecular flexibility index (Phi) is 5.76. The Balaban J connectivity index is 2.55. The van der Waals surface area contributed by atoms with Gasteiger partial charge in [0.2, 0.25) is 12.3 Å². The van der Waals surface area contributed by atoms with E-state index >= 15 is 0 Å². The van der Waals surface area contributed by atoms with Crippen molar-refractivity contribution in [2.24, 2.45) is 0 Å². The van der Waals surface area contributed by atoms with E-state index < -0.39 is 5.82 Å². The summed E-state index contributed by atoms with van der Waals surface area (Å²) in [4.78, 5) is 23.7. The number of benzene rings is 1. The third kappa shape index (κ3) is 4.52. The molecule has 104 valence electrons.